The number of thioether (sulfide) groups is 1. The Bertz CT molecular complexity index is 838. The summed E-state index contributed by atoms with van der Waals surface area (Å²) in [5, 5.41) is 15.3. The first-order valence-corrected chi connectivity index (χ1v) is 20.3. The number of rotatable bonds is 7. The number of nitrogens with one attached hydrogen (secondary N) is 4. The van der Waals surface area contributed by atoms with Gasteiger partial charge in [-0.2, -0.15) is 0 Å². The van der Waals surface area contributed by atoms with E-state index in [2.05, 4.69) is 33.4 Å². The van der Waals surface area contributed by atoms with Crippen molar-refractivity contribution < 1.29 is 26.7 Å². The Morgan fingerprint density at radius 3 is 1.67 bits per heavy atom. The average molecular weight is 666 g/mol. The molecule has 2 bridgehead atoms. The number of hydrogen-bond donors (Lipinski definition) is 4. The van der Waals surface area contributed by atoms with E-state index in [9.17, 15) is 4.57 Å². The van der Waals surface area contributed by atoms with Crippen molar-refractivity contribution in [1.82, 2.24) is 26.3 Å². The Hall–Kier alpha value is 0.589. The van der Waals surface area contributed by atoms with Crippen LogP contribution in [0.15, 0.2) is 17.0 Å². The van der Waals surface area contributed by atoms with Gasteiger partial charge in [0.25, 0.3) is 0 Å². The topological polar surface area (TPSA) is 96.5 Å². The molecule has 2 saturated carbocycles. The summed E-state index contributed by atoms with van der Waals surface area (Å²) in [6.07, 6.45) is 10.0. The van der Waals surface area contributed by atoms with Crippen LogP contribution in [0, 0.1) is 0 Å². The maximum atomic E-state index is 13.0. The Balaban J connectivity index is 0.00000134. The van der Waals surface area contributed by atoms with Gasteiger partial charge in [0.1, 0.15) is 5.49 Å². The van der Waals surface area contributed by atoms with Gasteiger partial charge in [-0.25, -0.2) is 0 Å². The summed E-state index contributed by atoms with van der Waals surface area (Å²) in [6.45, 7) is 7.98. The summed E-state index contributed by atoms with van der Waals surface area (Å²) in [7, 11) is 6.48. The zero-order chi connectivity index (χ0) is 27.9. The van der Waals surface area contributed by atoms with Gasteiger partial charge in [-0.15, -0.1) is 11.8 Å². The van der Waals surface area contributed by atoms with Crippen molar-refractivity contribution in [3.63, 3.8) is 0 Å². The molecule has 13 heteroatoms. The third-order valence-electron chi connectivity index (χ3n) is 7.51. The van der Waals surface area contributed by atoms with Crippen molar-refractivity contribution in [2.24, 2.45) is 0 Å². The van der Waals surface area contributed by atoms with Gasteiger partial charge in [-0.1, -0.05) is 25.7 Å². The fraction of sp³-hybridized carbons (Fsp3) is 0.808. The Morgan fingerprint density at radius 2 is 1.26 bits per heavy atom. The fourth-order valence-electron chi connectivity index (χ4n) is 5.77. The molecule has 2 fully saturated rings. The first-order valence-electron chi connectivity index (χ1n) is 14.3. The SMILES string of the molecule is CCOP(=O)(CSc1cc2nc(c1)CN[C@@H]1CCCC[C@H]1NCCN[C@@H]1CCCC[C@H]1NC2)OCC.[Cl][Mn][Cl]. The summed E-state index contributed by atoms with van der Waals surface area (Å²) < 4.78 is 24.1. The van der Waals surface area contributed by atoms with Gasteiger partial charge < -0.3 is 30.3 Å². The van der Waals surface area contributed by atoms with E-state index in [1.165, 1.54) is 51.4 Å². The number of aromatic nitrogens is 1. The molecular weight excluding hydrogens is 619 g/mol. The quantitative estimate of drug-likeness (QED) is 0.165. The van der Waals surface area contributed by atoms with Crippen LogP contribution in [-0.4, -0.2) is 60.9 Å². The van der Waals surface area contributed by atoms with Gasteiger partial charge >= 0.3 is 40.9 Å². The van der Waals surface area contributed by atoms with Crippen LogP contribution in [0.2, 0.25) is 0 Å². The van der Waals surface area contributed by atoms with E-state index in [1.54, 1.807) is 11.8 Å². The van der Waals surface area contributed by atoms with Gasteiger partial charge in [0, 0.05) is 55.2 Å². The van der Waals surface area contributed by atoms with Crippen molar-refractivity contribution in [3.05, 3.63) is 23.5 Å². The molecule has 1 aromatic rings. The summed E-state index contributed by atoms with van der Waals surface area (Å²) in [4.78, 5) is 6.09. The molecule has 0 aromatic carbocycles. The van der Waals surface area contributed by atoms with Crippen LogP contribution in [0.25, 0.3) is 0 Å². The van der Waals surface area contributed by atoms with Crippen molar-refractivity contribution >= 4 is 39.6 Å². The standard InChI is InChI=1S/C26H46N5O3PS.2ClH.Mn/c1-3-33-35(32,34-4-2)19-36-22-15-20-17-29-25-11-7-5-9-23(25)27-13-14-28-24-10-6-8-12-26(24)30-18-21(16-22)31-20;;;/h15-16,23-30H,3-14,17-19H2,1-2H3;2*1H;/q;;;+2/p-2/t23-,24-,25-,26-;;;/m1.../s1. The molecule has 4 N–H and O–H groups in total. The maximum absolute atomic E-state index is 13.0. The van der Waals surface area contributed by atoms with Crippen LogP contribution in [0.4, 0.5) is 0 Å². The molecule has 8 nitrogen and oxygen atoms in total. The van der Waals surface area contributed by atoms with Crippen LogP contribution in [-0.2, 0) is 39.8 Å². The van der Waals surface area contributed by atoms with Crippen LogP contribution in [0.5, 0.6) is 0 Å². The van der Waals surface area contributed by atoms with Gasteiger partial charge in [-0.3, -0.25) is 9.55 Å². The third-order valence-corrected chi connectivity index (χ3v) is 11.2. The number of fused-ring (bicyclic) bond motifs is 4. The molecule has 0 spiro atoms. The Kier molecular flexibility index (Phi) is 16.6. The number of halogens is 2. The molecule has 1 aromatic heterocycles. The second-order valence-electron chi connectivity index (χ2n) is 10.2. The molecule has 1 aliphatic heterocycles. The fourth-order valence-corrected chi connectivity index (χ4v) is 8.89. The zero-order valence-electron chi connectivity index (χ0n) is 23.2. The Labute approximate surface area is 254 Å². The van der Waals surface area contributed by atoms with E-state index in [0.29, 0.717) is 42.9 Å². The van der Waals surface area contributed by atoms with Crippen molar-refractivity contribution in [3.8, 4) is 0 Å². The normalized spacial score (nSPS) is 26.7. The number of pyridine rings is 1. The number of nitrogens with zero attached hydrogens (tertiary/aromatic N) is 1. The van der Waals surface area contributed by atoms with E-state index >= 15 is 0 Å². The number of hydrogen-bond acceptors (Lipinski definition) is 9. The average Bonchev–Trinajstić information content (AvgIpc) is 2.94. The third kappa shape index (κ3) is 12.0. The molecule has 0 amide bonds. The molecule has 0 unspecified atom stereocenters. The second kappa shape index (κ2) is 19.0. The first kappa shape index (κ1) is 34.1. The second-order valence-corrected chi connectivity index (χ2v) is 15.7. The summed E-state index contributed by atoms with van der Waals surface area (Å²) in [5.41, 5.74) is 2.38. The minimum absolute atomic E-state index is 0.00694. The summed E-state index contributed by atoms with van der Waals surface area (Å²) in [5.74, 6) is 0. The molecule has 0 saturated heterocycles. The monoisotopic (exact) mass is 664 g/mol. The predicted molar refractivity (Wildman–Crippen MR) is 159 cm³/mol. The van der Waals surface area contributed by atoms with E-state index < -0.39 is 7.60 Å². The molecule has 3 aliphatic rings. The van der Waals surface area contributed by atoms with E-state index in [-0.39, 0.29) is 13.1 Å². The predicted octanol–water partition coefficient (Wildman–Crippen LogP) is 5.77. The van der Waals surface area contributed by atoms with E-state index in [0.717, 1.165) is 42.5 Å². The van der Waals surface area contributed by atoms with Crippen molar-refractivity contribution in [1.29, 1.82) is 0 Å². The van der Waals surface area contributed by atoms with Crippen molar-refractivity contribution in [2.75, 3.05) is 31.8 Å². The van der Waals surface area contributed by atoms with Crippen LogP contribution in [0.1, 0.15) is 76.6 Å². The summed E-state index contributed by atoms with van der Waals surface area (Å²) in [6, 6.07) is 6.21. The molecule has 2 heterocycles. The molecule has 225 valence electrons. The molecule has 4 atom stereocenters. The Morgan fingerprint density at radius 1 is 0.846 bits per heavy atom. The summed E-state index contributed by atoms with van der Waals surface area (Å²) >= 11 is 1.55. The molecule has 39 heavy (non-hydrogen) atoms. The molecule has 2 aliphatic carbocycles. The van der Waals surface area contributed by atoms with Crippen LogP contribution in [0.3, 0.4) is 0 Å². The zero-order valence-corrected chi connectivity index (χ0v) is 27.6. The first-order chi connectivity index (χ1) is 19.0. The van der Waals surface area contributed by atoms with Gasteiger partial charge in [0.15, 0.2) is 0 Å². The van der Waals surface area contributed by atoms with Gasteiger partial charge in [0.2, 0.25) is 0 Å². The van der Waals surface area contributed by atoms with E-state index in [4.69, 9.17) is 34.2 Å². The molecular formula is C26H46Cl2MnN5O3PS. The minimum atomic E-state index is -3.11. The van der Waals surface area contributed by atoms with E-state index in [1.807, 2.05) is 13.8 Å². The van der Waals surface area contributed by atoms with Gasteiger partial charge in [-0.05, 0) is 51.7 Å². The van der Waals surface area contributed by atoms with Crippen molar-refractivity contribution in [2.45, 2.75) is 107 Å². The van der Waals surface area contributed by atoms with Gasteiger partial charge in [0.05, 0.1) is 24.6 Å². The molecule has 4 rings (SSSR count). The van der Waals surface area contributed by atoms with Crippen LogP contribution >= 0.6 is 39.6 Å². The molecule has 0 radical (unpaired) electrons. The van der Waals surface area contributed by atoms with Crippen LogP contribution < -0.4 is 21.3 Å².